The second-order valence-electron chi connectivity index (χ2n) is 6.14. The van der Waals surface area contributed by atoms with Crippen LogP contribution in [-0.4, -0.2) is 11.7 Å². The van der Waals surface area contributed by atoms with Crippen LogP contribution in [0.2, 0.25) is 0 Å². The zero-order valence-electron chi connectivity index (χ0n) is 15.0. The summed E-state index contributed by atoms with van der Waals surface area (Å²) in [5.74, 6) is -0.0989. The highest BCUT2D eigenvalue weighted by molar-refractivity contribution is 8.00. The number of amides is 1. The SMILES string of the molecule is CC(Nc1ccc(NC(=O)CSc2ccc(F)cc2)cc1)c1ccccc1. The Labute approximate surface area is 163 Å². The van der Waals surface area contributed by atoms with Crippen molar-refractivity contribution in [3.05, 3.63) is 90.2 Å². The quantitative estimate of drug-likeness (QED) is 0.514. The van der Waals surface area contributed by atoms with Gasteiger partial charge >= 0.3 is 0 Å². The number of hydrogen-bond donors (Lipinski definition) is 2. The first-order valence-electron chi connectivity index (χ1n) is 8.70. The minimum atomic E-state index is -0.279. The Morgan fingerprint density at radius 3 is 2.22 bits per heavy atom. The Bertz CT molecular complexity index is 867. The first-order valence-corrected chi connectivity index (χ1v) is 9.68. The maximum Gasteiger partial charge on any atom is 0.234 e. The molecule has 0 fully saturated rings. The van der Waals surface area contributed by atoms with Crippen molar-refractivity contribution in [2.24, 2.45) is 0 Å². The molecule has 1 unspecified atom stereocenters. The Hall–Kier alpha value is -2.79. The van der Waals surface area contributed by atoms with Crippen molar-refractivity contribution >= 4 is 29.0 Å². The molecule has 138 valence electrons. The summed E-state index contributed by atoms with van der Waals surface area (Å²) in [5, 5.41) is 6.32. The molecule has 2 N–H and O–H groups in total. The van der Waals surface area contributed by atoms with Crippen LogP contribution in [-0.2, 0) is 4.79 Å². The van der Waals surface area contributed by atoms with Gasteiger partial charge in [0, 0.05) is 22.3 Å². The van der Waals surface area contributed by atoms with Gasteiger partial charge in [0.2, 0.25) is 5.91 Å². The molecule has 0 aliphatic rings. The average Bonchev–Trinajstić information content (AvgIpc) is 2.70. The zero-order valence-corrected chi connectivity index (χ0v) is 15.8. The van der Waals surface area contributed by atoms with Gasteiger partial charge in [-0.25, -0.2) is 4.39 Å². The molecule has 5 heteroatoms. The highest BCUT2D eigenvalue weighted by Crippen LogP contribution is 2.22. The number of hydrogen-bond acceptors (Lipinski definition) is 3. The summed E-state index contributed by atoms with van der Waals surface area (Å²) < 4.78 is 12.9. The van der Waals surface area contributed by atoms with E-state index >= 15 is 0 Å². The molecule has 27 heavy (non-hydrogen) atoms. The molecule has 1 atom stereocenters. The van der Waals surface area contributed by atoms with Gasteiger partial charge in [-0.2, -0.15) is 0 Å². The van der Waals surface area contributed by atoms with Crippen molar-refractivity contribution in [2.75, 3.05) is 16.4 Å². The van der Waals surface area contributed by atoms with Gasteiger partial charge in [-0.15, -0.1) is 11.8 Å². The van der Waals surface area contributed by atoms with Gasteiger partial charge in [0.1, 0.15) is 5.82 Å². The van der Waals surface area contributed by atoms with Crippen LogP contribution >= 0.6 is 11.8 Å². The second-order valence-corrected chi connectivity index (χ2v) is 7.19. The van der Waals surface area contributed by atoms with Crippen LogP contribution in [0, 0.1) is 5.82 Å². The lowest BCUT2D eigenvalue weighted by molar-refractivity contribution is -0.113. The van der Waals surface area contributed by atoms with E-state index in [4.69, 9.17) is 0 Å². The van der Waals surface area contributed by atoms with E-state index in [1.54, 1.807) is 12.1 Å². The maximum absolute atomic E-state index is 12.9. The second kappa shape index (κ2) is 9.24. The summed E-state index contributed by atoms with van der Waals surface area (Å²) in [5.41, 5.74) is 2.95. The fourth-order valence-corrected chi connectivity index (χ4v) is 3.30. The number of anilines is 2. The van der Waals surface area contributed by atoms with Crippen LogP contribution in [0.15, 0.2) is 83.8 Å². The summed E-state index contributed by atoms with van der Waals surface area (Å²) in [6, 6.07) is 24.2. The van der Waals surface area contributed by atoms with E-state index in [0.29, 0.717) is 0 Å². The molecule has 3 nitrogen and oxygen atoms in total. The molecule has 0 spiro atoms. The molecule has 0 saturated carbocycles. The molecule has 0 bridgehead atoms. The van der Waals surface area contributed by atoms with Crippen molar-refractivity contribution in [3.8, 4) is 0 Å². The first-order chi connectivity index (χ1) is 13.1. The summed E-state index contributed by atoms with van der Waals surface area (Å²) in [7, 11) is 0. The van der Waals surface area contributed by atoms with E-state index in [-0.39, 0.29) is 23.5 Å². The monoisotopic (exact) mass is 380 g/mol. The van der Waals surface area contributed by atoms with Crippen LogP contribution in [0.1, 0.15) is 18.5 Å². The molecule has 3 aromatic rings. The van der Waals surface area contributed by atoms with E-state index in [1.165, 1.54) is 29.5 Å². The highest BCUT2D eigenvalue weighted by atomic mass is 32.2. The Kier molecular flexibility index (Phi) is 6.49. The van der Waals surface area contributed by atoms with Crippen LogP contribution in [0.3, 0.4) is 0 Å². The number of nitrogens with one attached hydrogen (secondary N) is 2. The van der Waals surface area contributed by atoms with Crippen LogP contribution in [0.4, 0.5) is 15.8 Å². The Morgan fingerprint density at radius 1 is 0.926 bits per heavy atom. The average molecular weight is 380 g/mol. The highest BCUT2D eigenvalue weighted by Gasteiger charge is 2.06. The van der Waals surface area contributed by atoms with E-state index in [2.05, 4.69) is 29.7 Å². The van der Waals surface area contributed by atoms with Gasteiger partial charge in [-0.3, -0.25) is 4.79 Å². The number of carbonyl (C=O) groups excluding carboxylic acids is 1. The summed E-state index contributed by atoms with van der Waals surface area (Å²) in [6.45, 7) is 2.11. The largest absolute Gasteiger partial charge is 0.379 e. The van der Waals surface area contributed by atoms with Gasteiger partial charge in [0.25, 0.3) is 0 Å². The van der Waals surface area contributed by atoms with Gasteiger partial charge in [0.05, 0.1) is 5.75 Å². The third-order valence-electron chi connectivity index (χ3n) is 4.03. The standard InChI is InChI=1S/C22H21FN2OS/c1-16(17-5-3-2-4-6-17)24-19-9-11-20(12-10-19)25-22(26)15-27-21-13-7-18(23)8-14-21/h2-14,16,24H,15H2,1H3,(H,25,26). The molecule has 3 rings (SSSR count). The predicted molar refractivity (Wildman–Crippen MR) is 111 cm³/mol. The van der Waals surface area contributed by atoms with Crippen LogP contribution in [0.25, 0.3) is 0 Å². The topological polar surface area (TPSA) is 41.1 Å². The van der Waals surface area contributed by atoms with Crippen molar-refractivity contribution < 1.29 is 9.18 Å². The van der Waals surface area contributed by atoms with Crippen molar-refractivity contribution in [1.82, 2.24) is 0 Å². The van der Waals surface area contributed by atoms with Crippen molar-refractivity contribution in [2.45, 2.75) is 17.9 Å². The molecule has 3 aromatic carbocycles. The lowest BCUT2D eigenvalue weighted by atomic mass is 10.1. The Balaban J connectivity index is 1.49. The number of benzene rings is 3. The number of carbonyl (C=O) groups is 1. The molecular weight excluding hydrogens is 359 g/mol. The van der Waals surface area contributed by atoms with E-state index in [9.17, 15) is 9.18 Å². The minimum Gasteiger partial charge on any atom is -0.379 e. The third kappa shape index (κ3) is 5.86. The predicted octanol–water partition coefficient (Wildman–Crippen LogP) is 5.73. The smallest absolute Gasteiger partial charge is 0.234 e. The normalized spacial score (nSPS) is 11.6. The minimum absolute atomic E-state index is 0.0947. The third-order valence-corrected chi connectivity index (χ3v) is 5.05. The van der Waals surface area contributed by atoms with Crippen LogP contribution < -0.4 is 10.6 Å². The van der Waals surface area contributed by atoms with Crippen molar-refractivity contribution in [1.29, 1.82) is 0 Å². The van der Waals surface area contributed by atoms with Gasteiger partial charge in [-0.1, -0.05) is 30.3 Å². The molecule has 1 amide bonds. The molecular formula is C22H21FN2OS. The zero-order chi connectivity index (χ0) is 19.1. The summed E-state index contributed by atoms with van der Waals surface area (Å²) >= 11 is 1.37. The van der Waals surface area contributed by atoms with Gasteiger partial charge < -0.3 is 10.6 Å². The fourth-order valence-electron chi connectivity index (χ4n) is 2.60. The molecule has 0 heterocycles. The van der Waals surface area contributed by atoms with Crippen LogP contribution in [0.5, 0.6) is 0 Å². The lowest BCUT2D eigenvalue weighted by Gasteiger charge is -2.16. The summed E-state index contributed by atoms with van der Waals surface area (Å²) in [6.07, 6.45) is 0. The van der Waals surface area contributed by atoms with E-state index in [0.717, 1.165) is 16.3 Å². The number of halogens is 1. The molecule has 0 aliphatic carbocycles. The first kappa shape index (κ1) is 19.0. The van der Waals surface area contributed by atoms with Crippen molar-refractivity contribution in [3.63, 3.8) is 0 Å². The van der Waals surface area contributed by atoms with Gasteiger partial charge in [-0.05, 0) is 61.0 Å². The molecule has 0 radical (unpaired) electrons. The van der Waals surface area contributed by atoms with E-state index in [1.807, 2.05) is 42.5 Å². The Morgan fingerprint density at radius 2 is 1.56 bits per heavy atom. The summed E-state index contributed by atoms with van der Waals surface area (Å²) in [4.78, 5) is 12.9. The maximum atomic E-state index is 12.9. The molecule has 0 aliphatic heterocycles. The molecule has 0 saturated heterocycles. The fraction of sp³-hybridized carbons (Fsp3) is 0.136. The lowest BCUT2D eigenvalue weighted by Crippen LogP contribution is -2.14. The van der Waals surface area contributed by atoms with Gasteiger partial charge in [0.15, 0.2) is 0 Å². The number of thioether (sulfide) groups is 1. The molecule has 0 aromatic heterocycles. The number of rotatable bonds is 7. The van der Waals surface area contributed by atoms with E-state index < -0.39 is 0 Å².